The first kappa shape index (κ1) is 12.6. The molecule has 0 bridgehead atoms. The van der Waals surface area contributed by atoms with Gasteiger partial charge in [0.2, 0.25) is 0 Å². The van der Waals surface area contributed by atoms with Crippen molar-refractivity contribution < 1.29 is 0 Å². The van der Waals surface area contributed by atoms with Crippen molar-refractivity contribution in [2.45, 2.75) is 59.0 Å². The number of aryl methyl sites for hydroxylation is 1. The molecule has 1 fully saturated rings. The van der Waals surface area contributed by atoms with Crippen LogP contribution in [-0.4, -0.2) is 11.0 Å². The van der Waals surface area contributed by atoms with Crippen LogP contribution in [0, 0.1) is 12.3 Å². The topological polar surface area (TPSA) is 24.9 Å². The van der Waals surface area contributed by atoms with E-state index in [2.05, 4.69) is 36.3 Å². The van der Waals surface area contributed by atoms with Crippen LogP contribution in [0.3, 0.4) is 0 Å². The number of rotatable bonds is 3. The molecule has 0 spiro atoms. The monoisotopic (exact) mass is 232 g/mol. The van der Waals surface area contributed by atoms with Gasteiger partial charge >= 0.3 is 0 Å². The minimum atomic E-state index is 0.559. The number of nitrogens with one attached hydrogen (secondary N) is 1. The molecular formula is C15H24N2. The lowest BCUT2D eigenvalue weighted by molar-refractivity contribution is 0.206. The average molecular weight is 232 g/mol. The Morgan fingerprint density at radius 3 is 2.59 bits per heavy atom. The van der Waals surface area contributed by atoms with Crippen LogP contribution in [-0.2, 0) is 6.54 Å². The first-order chi connectivity index (χ1) is 8.05. The Hall–Kier alpha value is -0.890. The summed E-state index contributed by atoms with van der Waals surface area (Å²) in [5, 5.41) is 3.66. The van der Waals surface area contributed by atoms with Gasteiger partial charge in [0, 0.05) is 24.5 Å². The predicted molar refractivity (Wildman–Crippen MR) is 71.9 cm³/mol. The van der Waals surface area contributed by atoms with Crippen LogP contribution in [0.2, 0.25) is 0 Å². The van der Waals surface area contributed by atoms with Crippen LogP contribution in [0.4, 0.5) is 0 Å². The van der Waals surface area contributed by atoms with Crippen LogP contribution in [0.1, 0.15) is 50.8 Å². The molecule has 1 saturated carbocycles. The van der Waals surface area contributed by atoms with Gasteiger partial charge < -0.3 is 5.32 Å². The van der Waals surface area contributed by atoms with Gasteiger partial charge in [-0.15, -0.1) is 0 Å². The second kappa shape index (κ2) is 5.18. The molecule has 0 aliphatic heterocycles. The minimum Gasteiger partial charge on any atom is -0.310 e. The normalized spacial score (nSPS) is 20.4. The largest absolute Gasteiger partial charge is 0.310 e. The number of pyridine rings is 1. The van der Waals surface area contributed by atoms with Crippen molar-refractivity contribution in [2.24, 2.45) is 5.41 Å². The maximum absolute atomic E-state index is 4.33. The molecule has 17 heavy (non-hydrogen) atoms. The van der Waals surface area contributed by atoms with Crippen molar-refractivity contribution in [1.29, 1.82) is 0 Å². The molecule has 1 N–H and O–H groups in total. The lowest BCUT2D eigenvalue weighted by Gasteiger charge is -2.34. The van der Waals surface area contributed by atoms with E-state index in [4.69, 9.17) is 0 Å². The van der Waals surface area contributed by atoms with Crippen LogP contribution >= 0.6 is 0 Å². The minimum absolute atomic E-state index is 0.559. The molecule has 1 aromatic heterocycles. The van der Waals surface area contributed by atoms with E-state index < -0.39 is 0 Å². The van der Waals surface area contributed by atoms with E-state index in [0.29, 0.717) is 11.5 Å². The van der Waals surface area contributed by atoms with E-state index in [1.165, 1.54) is 31.2 Å². The Kier molecular flexibility index (Phi) is 3.82. The summed E-state index contributed by atoms with van der Waals surface area (Å²) in [5.74, 6) is 0. The summed E-state index contributed by atoms with van der Waals surface area (Å²) in [6.45, 7) is 7.75. The van der Waals surface area contributed by atoms with Crippen molar-refractivity contribution in [3.05, 3.63) is 29.6 Å². The molecule has 0 amide bonds. The van der Waals surface area contributed by atoms with Crippen molar-refractivity contribution in [3.63, 3.8) is 0 Å². The van der Waals surface area contributed by atoms with Gasteiger partial charge in [-0.3, -0.25) is 4.98 Å². The van der Waals surface area contributed by atoms with E-state index >= 15 is 0 Å². The SMILES string of the molecule is Cc1ccc(CNC2CCC(C)(C)CC2)cn1. The number of hydrogen-bond donors (Lipinski definition) is 1. The van der Waals surface area contributed by atoms with Crippen LogP contribution in [0.25, 0.3) is 0 Å². The van der Waals surface area contributed by atoms with Crippen LogP contribution < -0.4 is 5.32 Å². The molecule has 2 rings (SSSR count). The predicted octanol–water partition coefficient (Wildman–Crippen LogP) is 3.45. The molecule has 2 heteroatoms. The fraction of sp³-hybridized carbons (Fsp3) is 0.667. The highest BCUT2D eigenvalue weighted by Crippen LogP contribution is 2.34. The first-order valence-corrected chi connectivity index (χ1v) is 6.70. The van der Waals surface area contributed by atoms with Gasteiger partial charge in [-0.05, 0) is 49.7 Å². The number of aromatic nitrogens is 1. The molecule has 0 radical (unpaired) electrons. The summed E-state index contributed by atoms with van der Waals surface area (Å²) in [6, 6.07) is 4.95. The molecule has 1 aliphatic rings. The maximum atomic E-state index is 4.33. The van der Waals surface area contributed by atoms with E-state index in [0.717, 1.165) is 12.2 Å². The molecule has 2 nitrogen and oxygen atoms in total. The van der Waals surface area contributed by atoms with E-state index in [1.807, 2.05) is 13.1 Å². The van der Waals surface area contributed by atoms with Gasteiger partial charge in [0.15, 0.2) is 0 Å². The van der Waals surface area contributed by atoms with Crippen LogP contribution in [0.5, 0.6) is 0 Å². The highest BCUT2D eigenvalue weighted by Gasteiger charge is 2.26. The van der Waals surface area contributed by atoms with Crippen molar-refractivity contribution >= 4 is 0 Å². The van der Waals surface area contributed by atoms with E-state index in [9.17, 15) is 0 Å². The zero-order valence-electron chi connectivity index (χ0n) is 11.3. The standard InChI is InChI=1S/C15H24N2/c1-12-4-5-13(10-16-12)11-17-14-6-8-15(2,3)9-7-14/h4-5,10,14,17H,6-9,11H2,1-3H3. The second-order valence-corrected chi connectivity index (χ2v) is 6.13. The molecule has 0 saturated heterocycles. The van der Waals surface area contributed by atoms with Crippen molar-refractivity contribution in [2.75, 3.05) is 0 Å². The Morgan fingerprint density at radius 2 is 2.00 bits per heavy atom. The third-order valence-corrected chi connectivity index (χ3v) is 3.91. The van der Waals surface area contributed by atoms with Gasteiger partial charge in [-0.1, -0.05) is 19.9 Å². The average Bonchev–Trinajstić information content (AvgIpc) is 2.30. The maximum Gasteiger partial charge on any atom is 0.0372 e. The fourth-order valence-electron chi connectivity index (χ4n) is 2.47. The van der Waals surface area contributed by atoms with E-state index in [-0.39, 0.29) is 0 Å². The molecule has 0 atom stereocenters. The Labute approximate surface area is 105 Å². The van der Waals surface area contributed by atoms with E-state index in [1.54, 1.807) is 0 Å². The zero-order valence-corrected chi connectivity index (χ0v) is 11.3. The number of hydrogen-bond acceptors (Lipinski definition) is 2. The Bertz CT molecular complexity index is 344. The van der Waals surface area contributed by atoms with Crippen LogP contribution in [0.15, 0.2) is 18.3 Å². The molecule has 94 valence electrons. The Balaban J connectivity index is 1.78. The summed E-state index contributed by atoms with van der Waals surface area (Å²) in [6.07, 6.45) is 7.29. The summed E-state index contributed by atoms with van der Waals surface area (Å²) in [5.41, 5.74) is 2.94. The second-order valence-electron chi connectivity index (χ2n) is 6.13. The summed E-state index contributed by atoms with van der Waals surface area (Å²) in [4.78, 5) is 4.33. The molecule has 0 aromatic carbocycles. The summed E-state index contributed by atoms with van der Waals surface area (Å²) >= 11 is 0. The third kappa shape index (κ3) is 3.81. The smallest absolute Gasteiger partial charge is 0.0372 e. The highest BCUT2D eigenvalue weighted by atomic mass is 14.9. The van der Waals surface area contributed by atoms with Gasteiger partial charge in [0.25, 0.3) is 0 Å². The van der Waals surface area contributed by atoms with Crippen molar-refractivity contribution in [3.8, 4) is 0 Å². The van der Waals surface area contributed by atoms with Crippen molar-refractivity contribution in [1.82, 2.24) is 10.3 Å². The molecule has 1 aliphatic carbocycles. The molecule has 1 heterocycles. The molecular weight excluding hydrogens is 208 g/mol. The van der Waals surface area contributed by atoms with Gasteiger partial charge in [-0.25, -0.2) is 0 Å². The number of nitrogens with zero attached hydrogens (tertiary/aromatic N) is 1. The lowest BCUT2D eigenvalue weighted by Crippen LogP contribution is -2.35. The first-order valence-electron chi connectivity index (χ1n) is 6.70. The Morgan fingerprint density at radius 1 is 1.29 bits per heavy atom. The highest BCUT2D eigenvalue weighted by molar-refractivity contribution is 5.12. The lowest BCUT2D eigenvalue weighted by atomic mass is 9.75. The molecule has 0 unspecified atom stereocenters. The van der Waals surface area contributed by atoms with Gasteiger partial charge in [0.05, 0.1) is 0 Å². The van der Waals surface area contributed by atoms with Gasteiger partial charge in [-0.2, -0.15) is 0 Å². The fourth-order valence-corrected chi connectivity index (χ4v) is 2.47. The molecule has 1 aromatic rings. The van der Waals surface area contributed by atoms with Gasteiger partial charge in [0.1, 0.15) is 0 Å². The summed E-state index contributed by atoms with van der Waals surface area (Å²) < 4.78 is 0. The summed E-state index contributed by atoms with van der Waals surface area (Å²) in [7, 11) is 0. The zero-order chi connectivity index (χ0) is 12.3. The quantitative estimate of drug-likeness (QED) is 0.863. The third-order valence-electron chi connectivity index (χ3n) is 3.91.